The Hall–Kier alpha value is -1.16. The van der Waals surface area contributed by atoms with Crippen LogP contribution in [0.2, 0.25) is 0 Å². The molecular formula is C14H22N4. The molecule has 2 fully saturated rings. The molecule has 0 aromatic carbocycles. The van der Waals surface area contributed by atoms with Crippen molar-refractivity contribution in [1.82, 2.24) is 14.9 Å². The summed E-state index contributed by atoms with van der Waals surface area (Å²) in [5, 5.41) is 0. The first-order chi connectivity index (χ1) is 8.67. The van der Waals surface area contributed by atoms with Crippen molar-refractivity contribution in [3.05, 3.63) is 17.6 Å². The van der Waals surface area contributed by atoms with Gasteiger partial charge in [0.15, 0.2) is 0 Å². The Morgan fingerprint density at radius 1 is 1.28 bits per heavy atom. The van der Waals surface area contributed by atoms with Gasteiger partial charge in [-0.2, -0.15) is 0 Å². The van der Waals surface area contributed by atoms with E-state index in [1.807, 2.05) is 6.07 Å². The van der Waals surface area contributed by atoms with Crippen molar-refractivity contribution >= 4 is 5.82 Å². The van der Waals surface area contributed by atoms with Gasteiger partial charge in [0.1, 0.15) is 11.6 Å². The van der Waals surface area contributed by atoms with Crippen LogP contribution in [-0.4, -0.2) is 34.0 Å². The number of rotatable bonds is 2. The first kappa shape index (κ1) is 11.9. The highest BCUT2D eigenvalue weighted by molar-refractivity contribution is 5.30. The number of anilines is 1. The van der Waals surface area contributed by atoms with E-state index in [0.717, 1.165) is 30.0 Å². The lowest BCUT2D eigenvalue weighted by atomic mass is 9.90. The Balaban J connectivity index is 1.85. The van der Waals surface area contributed by atoms with Crippen molar-refractivity contribution in [2.24, 2.45) is 0 Å². The van der Waals surface area contributed by atoms with Crippen LogP contribution in [0.5, 0.6) is 0 Å². The fourth-order valence-corrected chi connectivity index (χ4v) is 3.53. The van der Waals surface area contributed by atoms with Crippen molar-refractivity contribution in [1.29, 1.82) is 0 Å². The van der Waals surface area contributed by atoms with E-state index < -0.39 is 0 Å². The number of aromatic nitrogens is 2. The largest absolute Gasteiger partial charge is 0.384 e. The minimum Gasteiger partial charge on any atom is -0.384 e. The lowest BCUT2D eigenvalue weighted by Crippen LogP contribution is -2.39. The van der Waals surface area contributed by atoms with Crippen LogP contribution in [0, 0.1) is 0 Å². The van der Waals surface area contributed by atoms with Crippen molar-refractivity contribution in [3.63, 3.8) is 0 Å². The molecule has 2 saturated heterocycles. The van der Waals surface area contributed by atoms with E-state index in [-0.39, 0.29) is 0 Å². The standard InChI is InChI=1S/C14H22N4/c1-3-10-8-13(15)17-14(16-10)9-6-11-4-5-12(7-9)18(11)2/h8-9,11-12H,3-7H2,1-2H3,(H2,15,16,17). The Morgan fingerprint density at radius 3 is 2.56 bits per heavy atom. The minimum absolute atomic E-state index is 0.507. The van der Waals surface area contributed by atoms with Crippen LogP contribution in [0.25, 0.3) is 0 Å². The molecule has 0 spiro atoms. The van der Waals surface area contributed by atoms with Gasteiger partial charge >= 0.3 is 0 Å². The van der Waals surface area contributed by atoms with Gasteiger partial charge in [0.25, 0.3) is 0 Å². The predicted octanol–water partition coefficient (Wildman–Crippen LogP) is 1.96. The van der Waals surface area contributed by atoms with Crippen molar-refractivity contribution in [2.75, 3.05) is 12.8 Å². The van der Waals surface area contributed by atoms with Crippen LogP contribution >= 0.6 is 0 Å². The molecule has 0 aliphatic carbocycles. The van der Waals surface area contributed by atoms with Gasteiger partial charge in [-0.05, 0) is 39.2 Å². The Labute approximate surface area is 109 Å². The summed E-state index contributed by atoms with van der Waals surface area (Å²) in [5.74, 6) is 2.12. The SMILES string of the molecule is CCc1cc(N)nc(C2CC3CCC(C2)N3C)n1. The molecule has 4 nitrogen and oxygen atoms in total. The maximum absolute atomic E-state index is 5.89. The second-order valence-electron chi connectivity index (χ2n) is 5.71. The topological polar surface area (TPSA) is 55.0 Å². The lowest BCUT2D eigenvalue weighted by Gasteiger charge is -2.35. The van der Waals surface area contributed by atoms with E-state index >= 15 is 0 Å². The van der Waals surface area contributed by atoms with Gasteiger partial charge in [-0.25, -0.2) is 9.97 Å². The lowest BCUT2D eigenvalue weighted by molar-refractivity contribution is 0.159. The molecule has 3 rings (SSSR count). The molecule has 2 N–H and O–H groups in total. The summed E-state index contributed by atoms with van der Waals surface area (Å²) >= 11 is 0. The molecule has 2 atom stereocenters. The Kier molecular flexibility index (Phi) is 2.98. The Morgan fingerprint density at radius 2 is 1.94 bits per heavy atom. The van der Waals surface area contributed by atoms with E-state index in [4.69, 9.17) is 5.73 Å². The van der Waals surface area contributed by atoms with Crippen molar-refractivity contribution in [2.45, 2.75) is 57.0 Å². The smallest absolute Gasteiger partial charge is 0.134 e. The average Bonchev–Trinajstić information content (AvgIpc) is 2.60. The van der Waals surface area contributed by atoms with Gasteiger partial charge in [0.05, 0.1) is 0 Å². The highest BCUT2D eigenvalue weighted by Crippen LogP contribution is 2.41. The normalized spacial score (nSPS) is 31.8. The molecule has 1 aromatic heterocycles. The number of fused-ring (bicyclic) bond motifs is 2. The zero-order valence-electron chi connectivity index (χ0n) is 11.3. The third-order valence-electron chi connectivity index (χ3n) is 4.64. The van der Waals surface area contributed by atoms with Crippen LogP contribution in [-0.2, 0) is 6.42 Å². The number of nitrogens with zero attached hydrogens (tertiary/aromatic N) is 3. The number of piperidine rings is 1. The van der Waals surface area contributed by atoms with E-state index in [0.29, 0.717) is 11.7 Å². The van der Waals surface area contributed by atoms with Crippen LogP contribution < -0.4 is 5.73 Å². The van der Waals surface area contributed by atoms with E-state index in [1.54, 1.807) is 0 Å². The second kappa shape index (κ2) is 4.50. The van der Waals surface area contributed by atoms with Gasteiger partial charge in [0, 0.05) is 29.8 Å². The van der Waals surface area contributed by atoms with Crippen LogP contribution in [0.1, 0.15) is 50.0 Å². The fourth-order valence-electron chi connectivity index (χ4n) is 3.53. The maximum Gasteiger partial charge on any atom is 0.134 e. The third kappa shape index (κ3) is 1.99. The van der Waals surface area contributed by atoms with Gasteiger partial charge in [-0.15, -0.1) is 0 Å². The minimum atomic E-state index is 0.507. The summed E-state index contributed by atoms with van der Waals surface area (Å²) in [6.45, 7) is 2.11. The molecule has 3 heterocycles. The highest BCUT2D eigenvalue weighted by atomic mass is 15.2. The molecule has 2 unspecified atom stereocenters. The average molecular weight is 246 g/mol. The molecular weight excluding hydrogens is 224 g/mol. The quantitative estimate of drug-likeness (QED) is 0.866. The summed E-state index contributed by atoms with van der Waals surface area (Å²) in [5.41, 5.74) is 6.97. The van der Waals surface area contributed by atoms with Crippen molar-refractivity contribution in [3.8, 4) is 0 Å². The van der Waals surface area contributed by atoms with Gasteiger partial charge in [0.2, 0.25) is 0 Å². The molecule has 2 aliphatic heterocycles. The van der Waals surface area contributed by atoms with E-state index in [9.17, 15) is 0 Å². The Bertz CT molecular complexity index is 431. The first-order valence-electron chi connectivity index (χ1n) is 7.02. The van der Waals surface area contributed by atoms with Crippen LogP contribution in [0.3, 0.4) is 0 Å². The molecule has 2 aliphatic rings. The first-order valence-corrected chi connectivity index (χ1v) is 7.02. The molecule has 2 bridgehead atoms. The highest BCUT2D eigenvalue weighted by Gasteiger charge is 2.39. The summed E-state index contributed by atoms with van der Waals surface area (Å²) < 4.78 is 0. The second-order valence-corrected chi connectivity index (χ2v) is 5.71. The van der Waals surface area contributed by atoms with E-state index in [2.05, 4.69) is 28.8 Å². The molecule has 18 heavy (non-hydrogen) atoms. The molecule has 0 saturated carbocycles. The summed E-state index contributed by atoms with van der Waals surface area (Å²) in [6.07, 6.45) is 5.99. The van der Waals surface area contributed by atoms with Gasteiger partial charge in [-0.3, -0.25) is 0 Å². The summed E-state index contributed by atoms with van der Waals surface area (Å²) in [7, 11) is 2.26. The third-order valence-corrected chi connectivity index (χ3v) is 4.64. The van der Waals surface area contributed by atoms with Gasteiger partial charge in [-0.1, -0.05) is 6.92 Å². The van der Waals surface area contributed by atoms with Gasteiger partial charge < -0.3 is 10.6 Å². The predicted molar refractivity (Wildman–Crippen MR) is 72.4 cm³/mol. The number of nitrogen functional groups attached to an aromatic ring is 1. The summed E-state index contributed by atoms with van der Waals surface area (Å²) in [6, 6.07) is 3.35. The van der Waals surface area contributed by atoms with Crippen LogP contribution in [0.15, 0.2) is 6.07 Å². The monoisotopic (exact) mass is 246 g/mol. The molecule has 1 aromatic rings. The number of hydrogen-bond donors (Lipinski definition) is 1. The maximum atomic E-state index is 5.89. The fraction of sp³-hybridized carbons (Fsp3) is 0.714. The molecule has 4 heteroatoms. The zero-order chi connectivity index (χ0) is 12.7. The zero-order valence-corrected chi connectivity index (χ0v) is 11.3. The summed E-state index contributed by atoms with van der Waals surface area (Å²) in [4.78, 5) is 11.7. The van der Waals surface area contributed by atoms with Crippen molar-refractivity contribution < 1.29 is 0 Å². The van der Waals surface area contributed by atoms with Crippen LogP contribution in [0.4, 0.5) is 5.82 Å². The number of nitrogens with two attached hydrogens (primary N) is 1. The number of aryl methyl sites for hydroxylation is 1. The number of hydrogen-bond acceptors (Lipinski definition) is 4. The molecule has 0 amide bonds. The molecule has 98 valence electrons. The van der Waals surface area contributed by atoms with E-state index in [1.165, 1.54) is 25.7 Å². The molecule has 0 radical (unpaired) electrons.